The molecule has 3 heteroatoms. The van der Waals surface area contributed by atoms with E-state index in [0.717, 1.165) is 30.4 Å². The van der Waals surface area contributed by atoms with Gasteiger partial charge in [-0.1, -0.05) is 12.8 Å². The Morgan fingerprint density at radius 3 is 2.90 bits per heavy atom. The molecule has 1 fully saturated rings. The zero-order chi connectivity index (χ0) is 14.8. The lowest BCUT2D eigenvalue weighted by atomic mass is 10.1. The van der Waals surface area contributed by atoms with Gasteiger partial charge in [-0.25, -0.2) is 0 Å². The van der Waals surface area contributed by atoms with E-state index in [2.05, 4.69) is 31.3 Å². The topological polar surface area (TPSA) is 30.5 Å². The molecule has 2 unspecified atom stereocenters. The van der Waals surface area contributed by atoms with Crippen molar-refractivity contribution in [1.82, 2.24) is 5.32 Å². The fourth-order valence-corrected chi connectivity index (χ4v) is 3.13. The molecule has 3 nitrogen and oxygen atoms in total. The van der Waals surface area contributed by atoms with Crippen LogP contribution in [0.5, 0.6) is 11.5 Å². The number of nitrogens with one attached hydrogen (secondary N) is 1. The Labute approximate surface area is 128 Å². The molecule has 2 aliphatic rings. The second-order valence-electron chi connectivity index (χ2n) is 6.59. The second-order valence-corrected chi connectivity index (χ2v) is 6.59. The summed E-state index contributed by atoms with van der Waals surface area (Å²) in [5.41, 5.74) is 2.49. The fourth-order valence-electron chi connectivity index (χ4n) is 3.13. The third kappa shape index (κ3) is 3.70. The van der Waals surface area contributed by atoms with Crippen LogP contribution in [0, 0.1) is 5.92 Å². The molecule has 21 heavy (non-hydrogen) atoms. The zero-order valence-electron chi connectivity index (χ0n) is 13.4. The van der Waals surface area contributed by atoms with Gasteiger partial charge in [-0.3, -0.25) is 0 Å². The van der Waals surface area contributed by atoms with Crippen molar-refractivity contribution in [3.8, 4) is 11.5 Å². The standard InChI is InChI=1S/C18H27NO2/c1-4-20-17-9-15-8-13(3)21-18(15)10-16(17)11-19-12(2)7-14-5-6-14/h9-10,12-14,19H,4-8,11H2,1-3H3. The van der Waals surface area contributed by atoms with Crippen LogP contribution in [-0.4, -0.2) is 18.8 Å². The van der Waals surface area contributed by atoms with Gasteiger partial charge in [0.25, 0.3) is 0 Å². The maximum atomic E-state index is 5.88. The maximum absolute atomic E-state index is 5.88. The molecule has 2 atom stereocenters. The highest BCUT2D eigenvalue weighted by atomic mass is 16.5. The Balaban J connectivity index is 1.68. The van der Waals surface area contributed by atoms with Gasteiger partial charge >= 0.3 is 0 Å². The zero-order valence-corrected chi connectivity index (χ0v) is 13.4. The van der Waals surface area contributed by atoms with Crippen molar-refractivity contribution in [2.45, 2.75) is 65.1 Å². The molecule has 3 rings (SSSR count). The summed E-state index contributed by atoms with van der Waals surface area (Å²) in [6.07, 6.45) is 5.40. The van der Waals surface area contributed by atoms with Crippen molar-refractivity contribution in [1.29, 1.82) is 0 Å². The molecule has 0 spiro atoms. The first kappa shape index (κ1) is 14.7. The van der Waals surface area contributed by atoms with Crippen LogP contribution in [0.15, 0.2) is 12.1 Å². The Kier molecular flexibility index (Phi) is 4.39. The van der Waals surface area contributed by atoms with E-state index in [1.54, 1.807) is 0 Å². The lowest BCUT2D eigenvalue weighted by Crippen LogP contribution is -2.26. The van der Waals surface area contributed by atoms with Crippen LogP contribution >= 0.6 is 0 Å². The van der Waals surface area contributed by atoms with E-state index in [-0.39, 0.29) is 6.10 Å². The number of hydrogen-bond acceptors (Lipinski definition) is 3. The van der Waals surface area contributed by atoms with Gasteiger partial charge in [0.05, 0.1) is 6.61 Å². The van der Waals surface area contributed by atoms with Crippen LogP contribution in [0.2, 0.25) is 0 Å². The molecular weight excluding hydrogens is 262 g/mol. The summed E-state index contributed by atoms with van der Waals surface area (Å²) in [6, 6.07) is 4.91. The Morgan fingerprint density at radius 1 is 1.38 bits per heavy atom. The highest BCUT2D eigenvalue weighted by molar-refractivity contribution is 5.48. The van der Waals surface area contributed by atoms with Gasteiger partial charge in [0, 0.05) is 30.1 Å². The fraction of sp³-hybridized carbons (Fsp3) is 0.667. The number of ether oxygens (including phenoxy) is 2. The maximum Gasteiger partial charge on any atom is 0.124 e. The van der Waals surface area contributed by atoms with E-state index >= 15 is 0 Å². The van der Waals surface area contributed by atoms with E-state index in [1.807, 2.05) is 6.92 Å². The van der Waals surface area contributed by atoms with Crippen molar-refractivity contribution in [2.24, 2.45) is 5.92 Å². The molecular formula is C18H27NO2. The quantitative estimate of drug-likeness (QED) is 0.830. The van der Waals surface area contributed by atoms with Gasteiger partial charge in [-0.05, 0) is 45.2 Å². The molecule has 1 heterocycles. The number of rotatable bonds is 7. The molecule has 0 aromatic heterocycles. The molecule has 1 aliphatic carbocycles. The predicted molar refractivity (Wildman–Crippen MR) is 85.0 cm³/mol. The number of hydrogen-bond donors (Lipinski definition) is 1. The van der Waals surface area contributed by atoms with Gasteiger partial charge in [0.2, 0.25) is 0 Å². The summed E-state index contributed by atoms with van der Waals surface area (Å²) < 4.78 is 11.7. The van der Waals surface area contributed by atoms with E-state index in [4.69, 9.17) is 9.47 Å². The van der Waals surface area contributed by atoms with Crippen molar-refractivity contribution in [3.05, 3.63) is 23.3 Å². The largest absolute Gasteiger partial charge is 0.494 e. The Hall–Kier alpha value is -1.22. The molecule has 1 aromatic carbocycles. The Morgan fingerprint density at radius 2 is 2.19 bits per heavy atom. The molecule has 0 radical (unpaired) electrons. The average Bonchev–Trinajstić information content (AvgIpc) is 3.16. The predicted octanol–water partition coefficient (Wildman–Crippen LogP) is 3.69. The minimum Gasteiger partial charge on any atom is -0.494 e. The highest BCUT2D eigenvalue weighted by Gasteiger charge is 2.24. The molecule has 1 N–H and O–H groups in total. The summed E-state index contributed by atoms with van der Waals surface area (Å²) in [6.45, 7) is 8.01. The average molecular weight is 289 g/mol. The van der Waals surface area contributed by atoms with E-state index in [0.29, 0.717) is 12.6 Å². The summed E-state index contributed by atoms with van der Waals surface area (Å²) >= 11 is 0. The van der Waals surface area contributed by atoms with E-state index in [9.17, 15) is 0 Å². The van der Waals surface area contributed by atoms with Crippen molar-refractivity contribution < 1.29 is 9.47 Å². The van der Waals surface area contributed by atoms with Crippen LogP contribution in [0.1, 0.15) is 51.2 Å². The first-order valence-corrected chi connectivity index (χ1v) is 8.34. The molecule has 1 saturated carbocycles. The lowest BCUT2D eigenvalue weighted by Gasteiger charge is -2.17. The number of benzene rings is 1. The summed E-state index contributed by atoms with van der Waals surface area (Å²) in [7, 11) is 0. The minimum absolute atomic E-state index is 0.284. The van der Waals surface area contributed by atoms with E-state index in [1.165, 1.54) is 30.4 Å². The van der Waals surface area contributed by atoms with Gasteiger partial charge in [0.1, 0.15) is 17.6 Å². The molecule has 0 bridgehead atoms. The van der Waals surface area contributed by atoms with Crippen LogP contribution in [0.3, 0.4) is 0 Å². The smallest absolute Gasteiger partial charge is 0.124 e. The van der Waals surface area contributed by atoms with E-state index < -0.39 is 0 Å². The molecule has 0 amide bonds. The lowest BCUT2D eigenvalue weighted by molar-refractivity contribution is 0.254. The second kappa shape index (κ2) is 6.27. The first-order chi connectivity index (χ1) is 10.2. The monoisotopic (exact) mass is 289 g/mol. The summed E-state index contributed by atoms with van der Waals surface area (Å²) in [4.78, 5) is 0. The van der Waals surface area contributed by atoms with Gasteiger partial charge in [-0.2, -0.15) is 0 Å². The van der Waals surface area contributed by atoms with Crippen LogP contribution < -0.4 is 14.8 Å². The summed E-state index contributed by atoms with van der Waals surface area (Å²) in [5, 5.41) is 3.64. The molecule has 116 valence electrons. The normalized spacial score (nSPS) is 21.8. The third-order valence-electron chi connectivity index (χ3n) is 4.40. The van der Waals surface area contributed by atoms with Crippen molar-refractivity contribution >= 4 is 0 Å². The number of fused-ring (bicyclic) bond motifs is 1. The molecule has 0 saturated heterocycles. The highest BCUT2D eigenvalue weighted by Crippen LogP contribution is 2.36. The first-order valence-electron chi connectivity index (χ1n) is 8.34. The SMILES string of the molecule is CCOc1cc2c(cc1CNC(C)CC1CC1)OC(C)C2. The Bertz CT molecular complexity index is 496. The van der Waals surface area contributed by atoms with Crippen LogP contribution in [0.25, 0.3) is 0 Å². The molecule has 1 aromatic rings. The van der Waals surface area contributed by atoms with Crippen LogP contribution in [-0.2, 0) is 13.0 Å². The van der Waals surface area contributed by atoms with Gasteiger partial charge in [0.15, 0.2) is 0 Å². The minimum atomic E-state index is 0.284. The summed E-state index contributed by atoms with van der Waals surface area (Å²) in [5.74, 6) is 3.01. The van der Waals surface area contributed by atoms with Gasteiger partial charge < -0.3 is 14.8 Å². The molecule has 1 aliphatic heterocycles. The van der Waals surface area contributed by atoms with Crippen LogP contribution in [0.4, 0.5) is 0 Å². The van der Waals surface area contributed by atoms with Gasteiger partial charge in [-0.15, -0.1) is 0 Å². The third-order valence-corrected chi connectivity index (χ3v) is 4.40. The van der Waals surface area contributed by atoms with Crippen molar-refractivity contribution in [2.75, 3.05) is 6.61 Å². The van der Waals surface area contributed by atoms with Crippen molar-refractivity contribution in [3.63, 3.8) is 0 Å².